The van der Waals surface area contributed by atoms with E-state index in [1.807, 2.05) is 6.92 Å². The van der Waals surface area contributed by atoms with Crippen LogP contribution in [-0.2, 0) is 4.74 Å². The molecule has 0 fully saturated rings. The minimum absolute atomic E-state index is 0.0697. The van der Waals surface area contributed by atoms with Crippen LogP contribution in [0.5, 0.6) is 0 Å². The maximum Gasteiger partial charge on any atom is 0.401 e. The molecule has 0 saturated heterocycles. The van der Waals surface area contributed by atoms with E-state index in [1.54, 1.807) is 21.0 Å². The zero-order chi connectivity index (χ0) is 14.2. The summed E-state index contributed by atoms with van der Waals surface area (Å²) in [5.41, 5.74) is 0. The molecule has 0 saturated carbocycles. The minimum atomic E-state index is -4.16. The van der Waals surface area contributed by atoms with Gasteiger partial charge >= 0.3 is 6.18 Å². The number of ether oxygens (including phenoxy) is 1. The van der Waals surface area contributed by atoms with Crippen molar-refractivity contribution in [2.75, 3.05) is 33.4 Å². The Labute approximate surface area is 108 Å². The van der Waals surface area contributed by atoms with Gasteiger partial charge in [-0.05, 0) is 26.8 Å². The van der Waals surface area contributed by atoms with Crippen LogP contribution >= 0.6 is 0 Å². The van der Waals surface area contributed by atoms with Crippen LogP contribution in [0.2, 0.25) is 0 Å². The van der Waals surface area contributed by atoms with Gasteiger partial charge in [0.05, 0.1) is 13.2 Å². The van der Waals surface area contributed by atoms with Crippen molar-refractivity contribution in [2.45, 2.75) is 45.5 Å². The van der Waals surface area contributed by atoms with Crippen LogP contribution in [0.4, 0.5) is 13.2 Å². The molecule has 0 aliphatic heterocycles. The van der Waals surface area contributed by atoms with Crippen LogP contribution in [0.1, 0.15) is 27.2 Å². The number of alkyl halides is 3. The highest BCUT2D eigenvalue weighted by Gasteiger charge is 2.32. The lowest BCUT2D eigenvalue weighted by Gasteiger charge is -2.31. The first kappa shape index (κ1) is 17.7. The van der Waals surface area contributed by atoms with Gasteiger partial charge in [0.2, 0.25) is 0 Å². The fourth-order valence-electron chi connectivity index (χ4n) is 1.70. The lowest BCUT2D eigenvalue weighted by Crippen LogP contribution is -2.49. The third-order valence-electron chi connectivity index (χ3n) is 2.62. The van der Waals surface area contributed by atoms with E-state index in [1.165, 1.54) is 4.90 Å². The molecule has 0 spiro atoms. The standard InChI is InChI=1S/C12H25F3N2O/c1-5-6-16-11(8-18-4)7-17(10(2)3)9-12(13,14)15/h10-11,16H,5-9H2,1-4H3. The van der Waals surface area contributed by atoms with Crippen LogP contribution in [0.25, 0.3) is 0 Å². The molecule has 0 radical (unpaired) electrons. The van der Waals surface area contributed by atoms with Crippen molar-refractivity contribution < 1.29 is 17.9 Å². The Kier molecular flexibility index (Phi) is 8.56. The van der Waals surface area contributed by atoms with Gasteiger partial charge < -0.3 is 10.1 Å². The molecule has 1 N–H and O–H groups in total. The molecular formula is C12H25F3N2O. The van der Waals surface area contributed by atoms with Crippen LogP contribution in [-0.4, -0.2) is 56.5 Å². The SMILES string of the molecule is CCCNC(COC)CN(CC(F)(F)F)C(C)C. The molecule has 0 aromatic rings. The lowest BCUT2D eigenvalue weighted by molar-refractivity contribution is -0.150. The molecule has 3 nitrogen and oxygen atoms in total. The molecule has 0 rings (SSSR count). The first-order valence-corrected chi connectivity index (χ1v) is 6.33. The van der Waals surface area contributed by atoms with E-state index >= 15 is 0 Å². The summed E-state index contributed by atoms with van der Waals surface area (Å²) in [6.45, 7) is 6.23. The molecule has 0 heterocycles. The zero-order valence-corrected chi connectivity index (χ0v) is 11.7. The molecule has 0 aliphatic rings. The average Bonchev–Trinajstić information content (AvgIpc) is 2.23. The summed E-state index contributed by atoms with van der Waals surface area (Å²) in [5.74, 6) is 0. The molecule has 0 bridgehead atoms. The van der Waals surface area contributed by atoms with Gasteiger partial charge in [0.25, 0.3) is 0 Å². The van der Waals surface area contributed by atoms with Crippen molar-refractivity contribution in [2.24, 2.45) is 0 Å². The molecular weight excluding hydrogens is 245 g/mol. The zero-order valence-electron chi connectivity index (χ0n) is 11.7. The van der Waals surface area contributed by atoms with Gasteiger partial charge in [-0.15, -0.1) is 0 Å². The van der Waals surface area contributed by atoms with E-state index in [4.69, 9.17) is 4.74 Å². The monoisotopic (exact) mass is 270 g/mol. The second-order valence-corrected chi connectivity index (χ2v) is 4.74. The number of nitrogens with zero attached hydrogens (tertiary/aromatic N) is 1. The summed E-state index contributed by atoms with van der Waals surface area (Å²) in [6.07, 6.45) is -3.21. The number of methoxy groups -OCH3 is 1. The second kappa shape index (κ2) is 8.72. The Bertz CT molecular complexity index is 210. The summed E-state index contributed by atoms with van der Waals surface area (Å²) in [5, 5.41) is 3.21. The minimum Gasteiger partial charge on any atom is -0.383 e. The maximum atomic E-state index is 12.5. The predicted molar refractivity (Wildman–Crippen MR) is 66.7 cm³/mol. The molecule has 1 atom stereocenters. The molecule has 0 aromatic carbocycles. The van der Waals surface area contributed by atoms with Crippen LogP contribution in [0.3, 0.4) is 0 Å². The highest BCUT2D eigenvalue weighted by Crippen LogP contribution is 2.18. The molecule has 18 heavy (non-hydrogen) atoms. The van der Waals surface area contributed by atoms with Gasteiger partial charge in [0.15, 0.2) is 0 Å². The molecule has 0 aliphatic carbocycles. The fourth-order valence-corrected chi connectivity index (χ4v) is 1.70. The summed E-state index contributed by atoms with van der Waals surface area (Å²) in [6, 6.07) is -0.214. The van der Waals surface area contributed by atoms with Gasteiger partial charge in [-0.3, -0.25) is 4.90 Å². The molecule has 6 heteroatoms. The predicted octanol–water partition coefficient (Wildman–Crippen LogP) is 2.27. The number of rotatable bonds is 9. The van der Waals surface area contributed by atoms with Crippen LogP contribution in [0.15, 0.2) is 0 Å². The average molecular weight is 270 g/mol. The second-order valence-electron chi connectivity index (χ2n) is 4.74. The van der Waals surface area contributed by atoms with Crippen molar-refractivity contribution in [3.8, 4) is 0 Å². The van der Waals surface area contributed by atoms with E-state index in [9.17, 15) is 13.2 Å². The highest BCUT2D eigenvalue weighted by molar-refractivity contribution is 4.76. The number of halogens is 3. The van der Waals surface area contributed by atoms with E-state index in [-0.39, 0.29) is 12.1 Å². The largest absolute Gasteiger partial charge is 0.401 e. The van der Waals surface area contributed by atoms with Crippen LogP contribution < -0.4 is 5.32 Å². The van der Waals surface area contributed by atoms with E-state index in [0.717, 1.165) is 13.0 Å². The van der Waals surface area contributed by atoms with Crippen molar-refractivity contribution in [1.82, 2.24) is 10.2 Å². The number of hydrogen-bond donors (Lipinski definition) is 1. The first-order chi connectivity index (χ1) is 8.30. The maximum absolute atomic E-state index is 12.5. The Balaban J connectivity index is 4.40. The Morgan fingerprint density at radius 1 is 1.28 bits per heavy atom. The Morgan fingerprint density at radius 2 is 1.89 bits per heavy atom. The smallest absolute Gasteiger partial charge is 0.383 e. The van der Waals surface area contributed by atoms with E-state index < -0.39 is 12.7 Å². The summed E-state index contributed by atoms with van der Waals surface area (Å²) in [7, 11) is 1.56. The molecule has 0 amide bonds. The summed E-state index contributed by atoms with van der Waals surface area (Å²) in [4.78, 5) is 1.42. The molecule has 110 valence electrons. The van der Waals surface area contributed by atoms with Crippen molar-refractivity contribution in [3.63, 3.8) is 0 Å². The Hall–Kier alpha value is -0.330. The van der Waals surface area contributed by atoms with Gasteiger partial charge in [-0.2, -0.15) is 13.2 Å². The van der Waals surface area contributed by atoms with Crippen molar-refractivity contribution >= 4 is 0 Å². The fraction of sp³-hybridized carbons (Fsp3) is 1.00. The highest BCUT2D eigenvalue weighted by atomic mass is 19.4. The van der Waals surface area contributed by atoms with Crippen molar-refractivity contribution in [1.29, 1.82) is 0 Å². The normalized spacial score (nSPS) is 14.5. The molecule has 1 unspecified atom stereocenters. The summed E-state index contributed by atoms with van der Waals surface area (Å²) >= 11 is 0. The lowest BCUT2D eigenvalue weighted by atomic mass is 10.2. The van der Waals surface area contributed by atoms with Gasteiger partial charge in [0.1, 0.15) is 0 Å². The third kappa shape index (κ3) is 8.72. The quantitative estimate of drug-likeness (QED) is 0.695. The van der Waals surface area contributed by atoms with Gasteiger partial charge in [-0.25, -0.2) is 0 Å². The van der Waals surface area contributed by atoms with Gasteiger partial charge in [0, 0.05) is 25.7 Å². The Morgan fingerprint density at radius 3 is 2.28 bits per heavy atom. The van der Waals surface area contributed by atoms with E-state index in [0.29, 0.717) is 13.2 Å². The van der Waals surface area contributed by atoms with E-state index in [2.05, 4.69) is 5.32 Å². The summed E-state index contributed by atoms with van der Waals surface area (Å²) < 4.78 is 42.4. The van der Waals surface area contributed by atoms with Crippen LogP contribution in [0, 0.1) is 0 Å². The van der Waals surface area contributed by atoms with Gasteiger partial charge in [-0.1, -0.05) is 6.92 Å². The third-order valence-corrected chi connectivity index (χ3v) is 2.62. The topological polar surface area (TPSA) is 24.5 Å². The molecule has 0 aromatic heterocycles. The van der Waals surface area contributed by atoms with Crippen molar-refractivity contribution in [3.05, 3.63) is 0 Å². The number of nitrogens with one attached hydrogen (secondary N) is 1. The number of hydrogen-bond acceptors (Lipinski definition) is 3. The first-order valence-electron chi connectivity index (χ1n) is 6.33.